The molecule has 2 aliphatic carbocycles. The quantitative estimate of drug-likeness (QED) is 0.681. The van der Waals surface area contributed by atoms with Crippen LogP contribution in [0.5, 0.6) is 0 Å². The largest absolute Gasteiger partial charge is 0.325 e. The predicted octanol–water partition coefficient (Wildman–Crippen LogP) is 3.64. The van der Waals surface area contributed by atoms with Crippen LogP contribution in [-0.2, 0) is 16.0 Å². The normalized spacial score (nSPS) is 26.9. The third-order valence-electron chi connectivity index (χ3n) is 7.65. The van der Waals surface area contributed by atoms with Crippen molar-refractivity contribution in [3.8, 4) is 0 Å². The highest BCUT2D eigenvalue weighted by molar-refractivity contribution is 6.10. The number of anilines is 1. The van der Waals surface area contributed by atoms with Crippen molar-refractivity contribution in [2.75, 3.05) is 11.9 Å². The molecule has 3 aliphatic rings. The molecule has 2 fully saturated rings. The van der Waals surface area contributed by atoms with E-state index in [0.717, 1.165) is 43.4 Å². The zero-order chi connectivity index (χ0) is 23.0. The zero-order valence-electron chi connectivity index (χ0n) is 19.0. The average Bonchev–Trinajstić information content (AvgIpc) is 3.37. The van der Waals surface area contributed by atoms with E-state index in [1.54, 1.807) is 12.3 Å². The van der Waals surface area contributed by atoms with Gasteiger partial charge in [0.2, 0.25) is 5.91 Å². The molecule has 2 heterocycles. The first-order chi connectivity index (χ1) is 16.0. The highest BCUT2D eigenvalue weighted by atomic mass is 16.2. The van der Waals surface area contributed by atoms with Crippen molar-refractivity contribution >= 4 is 23.7 Å². The Balaban J connectivity index is 1.27. The number of carbonyl (C=O) groups excluding carboxylic acids is 3. The number of aryl methyl sites for hydroxylation is 1. The van der Waals surface area contributed by atoms with Crippen LogP contribution >= 0.6 is 0 Å². The van der Waals surface area contributed by atoms with Gasteiger partial charge in [0.15, 0.2) is 0 Å². The molecule has 1 spiro atoms. The molecular formula is C25H31N5O3. The fourth-order valence-electron chi connectivity index (χ4n) is 5.71. The van der Waals surface area contributed by atoms with E-state index in [2.05, 4.69) is 34.8 Å². The van der Waals surface area contributed by atoms with Gasteiger partial charge in [-0.15, -0.1) is 0 Å². The lowest BCUT2D eigenvalue weighted by Gasteiger charge is -2.34. The van der Waals surface area contributed by atoms with Gasteiger partial charge >= 0.3 is 6.03 Å². The molecule has 1 unspecified atom stereocenters. The Kier molecular flexibility index (Phi) is 5.68. The van der Waals surface area contributed by atoms with Gasteiger partial charge in [-0.25, -0.2) is 9.48 Å². The lowest BCUT2D eigenvalue weighted by atomic mass is 9.75. The van der Waals surface area contributed by atoms with Crippen LogP contribution in [0.25, 0.3) is 0 Å². The van der Waals surface area contributed by atoms with Crippen molar-refractivity contribution in [2.24, 2.45) is 5.92 Å². The summed E-state index contributed by atoms with van der Waals surface area (Å²) in [5.74, 6) is 0.505. The summed E-state index contributed by atoms with van der Waals surface area (Å²) in [6.45, 7) is 1.86. The molecule has 2 aromatic rings. The fraction of sp³-hybridized carbons (Fsp3) is 0.520. The molecule has 0 radical (unpaired) electrons. The smallest absolute Gasteiger partial charge is 0.323 e. The van der Waals surface area contributed by atoms with Crippen LogP contribution in [0.3, 0.4) is 0 Å². The highest BCUT2D eigenvalue weighted by Crippen LogP contribution is 2.38. The molecule has 1 aromatic carbocycles. The van der Waals surface area contributed by atoms with Crippen LogP contribution in [0.2, 0.25) is 0 Å². The summed E-state index contributed by atoms with van der Waals surface area (Å²) in [7, 11) is 0. The number of amides is 4. The number of nitrogens with zero attached hydrogens (tertiary/aromatic N) is 3. The summed E-state index contributed by atoms with van der Waals surface area (Å²) in [5, 5.41) is 10.3. The number of hydrogen-bond donors (Lipinski definition) is 2. The van der Waals surface area contributed by atoms with E-state index in [1.165, 1.54) is 11.1 Å². The number of fused-ring (bicyclic) bond motifs is 1. The fourth-order valence-corrected chi connectivity index (χ4v) is 5.71. The van der Waals surface area contributed by atoms with Crippen molar-refractivity contribution in [3.63, 3.8) is 0 Å². The zero-order valence-corrected chi connectivity index (χ0v) is 19.0. The SMILES string of the molecule is CCC1CCC2(CC1)NC(=O)N(CC(=O)Nc1ccnn1C1CCCc3ccccc31)C2=O. The number of urea groups is 1. The molecule has 1 saturated heterocycles. The van der Waals surface area contributed by atoms with Gasteiger partial charge in [-0.3, -0.25) is 14.5 Å². The van der Waals surface area contributed by atoms with Crippen molar-refractivity contribution in [3.05, 3.63) is 47.7 Å². The number of nitrogens with one attached hydrogen (secondary N) is 2. The molecule has 8 heteroatoms. The molecule has 33 heavy (non-hydrogen) atoms. The summed E-state index contributed by atoms with van der Waals surface area (Å²) in [5.41, 5.74) is 1.70. The first kappa shape index (κ1) is 21.7. The highest BCUT2D eigenvalue weighted by Gasteiger charge is 2.52. The van der Waals surface area contributed by atoms with E-state index in [0.29, 0.717) is 24.6 Å². The maximum absolute atomic E-state index is 13.1. The van der Waals surface area contributed by atoms with Crippen molar-refractivity contribution in [1.82, 2.24) is 20.0 Å². The van der Waals surface area contributed by atoms with Crippen molar-refractivity contribution < 1.29 is 14.4 Å². The van der Waals surface area contributed by atoms with E-state index < -0.39 is 17.5 Å². The van der Waals surface area contributed by atoms with Crippen molar-refractivity contribution in [2.45, 2.75) is 69.9 Å². The number of imide groups is 1. The average molecular weight is 450 g/mol. The topological polar surface area (TPSA) is 96.3 Å². The molecule has 174 valence electrons. The standard InChI is InChI=1S/C25H31N5O3/c1-2-17-10-13-25(14-11-17)23(32)29(24(33)28-25)16-22(31)27-21-12-15-26-30(21)20-9-5-7-18-6-3-4-8-19(18)20/h3-4,6,8,12,15,17,20H,2,5,7,9-11,13-14,16H2,1H3,(H,27,31)(H,28,33). The van der Waals surface area contributed by atoms with Gasteiger partial charge in [-0.2, -0.15) is 5.10 Å². The number of rotatable bonds is 5. The van der Waals surface area contributed by atoms with Crippen LogP contribution < -0.4 is 10.6 Å². The molecular weight excluding hydrogens is 418 g/mol. The second-order valence-corrected chi connectivity index (χ2v) is 9.57. The molecule has 5 rings (SSSR count). The summed E-state index contributed by atoms with van der Waals surface area (Å²) in [6, 6.07) is 9.67. The molecule has 1 atom stereocenters. The van der Waals surface area contributed by atoms with Crippen LogP contribution in [0.1, 0.15) is 69.0 Å². The first-order valence-electron chi connectivity index (χ1n) is 12.1. The van der Waals surface area contributed by atoms with Gasteiger partial charge in [0, 0.05) is 6.07 Å². The van der Waals surface area contributed by atoms with E-state index in [4.69, 9.17) is 0 Å². The van der Waals surface area contributed by atoms with Crippen LogP contribution in [-0.4, -0.2) is 44.6 Å². The summed E-state index contributed by atoms with van der Waals surface area (Å²) >= 11 is 0. The number of carbonyl (C=O) groups is 3. The Morgan fingerprint density at radius 1 is 1.18 bits per heavy atom. The molecule has 1 saturated carbocycles. The van der Waals surface area contributed by atoms with Crippen molar-refractivity contribution in [1.29, 1.82) is 0 Å². The minimum Gasteiger partial charge on any atom is -0.323 e. The van der Waals surface area contributed by atoms with Gasteiger partial charge in [-0.1, -0.05) is 37.6 Å². The molecule has 1 aromatic heterocycles. The Labute approximate surface area is 193 Å². The van der Waals surface area contributed by atoms with Gasteiger partial charge in [0.1, 0.15) is 17.9 Å². The lowest BCUT2D eigenvalue weighted by Crippen LogP contribution is -2.49. The molecule has 1 aliphatic heterocycles. The number of aromatic nitrogens is 2. The third-order valence-corrected chi connectivity index (χ3v) is 7.65. The summed E-state index contributed by atoms with van der Waals surface area (Å²) < 4.78 is 1.84. The van der Waals surface area contributed by atoms with Crippen LogP contribution in [0.4, 0.5) is 10.6 Å². The van der Waals surface area contributed by atoms with Gasteiger partial charge < -0.3 is 10.6 Å². The molecule has 4 amide bonds. The van der Waals surface area contributed by atoms with E-state index in [-0.39, 0.29) is 18.5 Å². The Hall–Kier alpha value is -3.16. The van der Waals surface area contributed by atoms with E-state index in [1.807, 2.05) is 16.8 Å². The monoisotopic (exact) mass is 449 g/mol. The second-order valence-electron chi connectivity index (χ2n) is 9.57. The maximum atomic E-state index is 13.1. The number of benzene rings is 1. The van der Waals surface area contributed by atoms with Gasteiger partial charge in [-0.05, 0) is 62.0 Å². The number of hydrogen-bond acceptors (Lipinski definition) is 4. The predicted molar refractivity (Wildman–Crippen MR) is 124 cm³/mol. The maximum Gasteiger partial charge on any atom is 0.325 e. The summed E-state index contributed by atoms with van der Waals surface area (Å²) in [4.78, 5) is 39.7. The third kappa shape index (κ3) is 3.92. The van der Waals surface area contributed by atoms with E-state index in [9.17, 15) is 14.4 Å². The van der Waals surface area contributed by atoms with Gasteiger partial charge in [0.25, 0.3) is 5.91 Å². The van der Waals surface area contributed by atoms with E-state index >= 15 is 0 Å². The molecule has 2 N–H and O–H groups in total. The lowest BCUT2D eigenvalue weighted by molar-refractivity contribution is -0.135. The Morgan fingerprint density at radius 3 is 2.76 bits per heavy atom. The molecule has 0 bridgehead atoms. The molecule has 8 nitrogen and oxygen atoms in total. The first-order valence-corrected chi connectivity index (χ1v) is 12.1. The minimum absolute atomic E-state index is 0.0500. The van der Waals surface area contributed by atoms with Crippen LogP contribution in [0, 0.1) is 5.92 Å². The minimum atomic E-state index is -0.837. The Bertz CT molecular complexity index is 1070. The van der Waals surface area contributed by atoms with Crippen LogP contribution in [0.15, 0.2) is 36.5 Å². The Morgan fingerprint density at radius 2 is 1.97 bits per heavy atom. The summed E-state index contributed by atoms with van der Waals surface area (Å²) in [6.07, 6.45) is 8.92. The van der Waals surface area contributed by atoms with Gasteiger partial charge in [0.05, 0.1) is 12.2 Å². The second kappa shape index (κ2) is 8.65.